The first-order chi connectivity index (χ1) is 10.0. The molecule has 0 aromatic heterocycles. The van der Waals surface area contributed by atoms with Crippen LogP contribution in [0.15, 0.2) is 49.8 Å². The van der Waals surface area contributed by atoms with Crippen molar-refractivity contribution in [2.45, 2.75) is 12.5 Å². The number of methoxy groups -OCH3 is 1. The standard InChI is InChI=1S/C16H16Br3NO/c1-20-16(13-9-11(17)3-5-15(13)19)8-10-7-12(21-2)4-6-14(10)18/h3-7,9,16,20H,8H2,1-2H3. The minimum absolute atomic E-state index is 0.209. The summed E-state index contributed by atoms with van der Waals surface area (Å²) in [6, 6.07) is 12.5. The molecule has 2 rings (SSSR count). The zero-order chi connectivity index (χ0) is 15.4. The van der Waals surface area contributed by atoms with Crippen molar-refractivity contribution in [3.63, 3.8) is 0 Å². The summed E-state index contributed by atoms with van der Waals surface area (Å²) in [4.78, 5) is 0. The highest BCUT2D eigenvalue weighted by molar-refractivity contribution is 9.11. The first-order valence-corrected chi connectivity index (χ1v) is 8.87. The summed E-state index contributed by atoms with van der Waals surface area (Å²) in [5.74, 6) is 0.872. The zero-order valence-corrected chi connectivity index (χ0v) is 16.5. The SMILES string of the molecule is CNC(Cc1cc(OC)ccc1Br)c1cc(Br)ccc1Br. The quantitative estimate of drug-likeness (QED) is 0.615. The maximum absolute atomic E-state index is 5.32. The predicted octanol–water partition coefficient (Wildman–Crippen LogP) is 5.49. The van der Waals surface area contributed by atoms with Crippen molar-refractivity contribution in [3.8, 4) is 5.75 Å². The highest BCUT2D eigenvalue weighted by atomic mass is 79.9. The van der Waals surface area contributed by atoms with E-state index < -0.39 is 0 Å². The molecule has 0 heterocycles. The fourth-order valence-electron chi connectivity index (χ4n) is 2.20. The molecule has 21 heavy (non-hydrogen) atoms. The van der Waals surface area contributed by atoms with Gasteiger partial charge < -0.3 is 10.1 Å². The average Bonchev–Trinajstić information content (AvgIpc) is 2.49. The van der Waals surface area contributed by atoms with Crippen molar-refractivity contribution in [3.05, 3.63) is 60.9 Å². The molecule has 0 spiro atoms. The maximum Gasteiger partial charge on any atom is 0.119 e. The maximum atomic E-state index is 5.32. The molecular formula is C16H16Br3NO. The summed E-state index contributed by atoms with van der Waals surface area (Å²) < 4.78 is 8.58. The molecule has 1 N–H and O–H groups in total. The van der Waals surface area contributed by atoms with Crippen LogP contribution in [0.1, 0.15) is 17.2 Å². The summed E-state index contributed by atoms with van der Waals surface area (Å²) >= 11 is 10.8. The fraction of sp³-hybridized carbons (Fsp3) is 0.250. The largest absolute Gasteiger partial charge is 0.497 e. The summed E-state index contributed by atoms with van der Waals surface area (Å²) in [5.41, 5.74) is 2.43. The smallest absolute Gasteiger partial charge is 0.119 e. The molecule has 0 amide bonds. The van der Waals surface area contributed by atoms with E-state index in [9.17, 15) is 0 Å². The first-order valence-electron chi connectivity index (χ1n) is 6.49. The van der Waals surface area contributed by atoms with E-state index >= 15 is 0 Å². The van der Waals surface area contributed by atoms with E-state index in [1.165, 1.54) is 11.1 Å². The van der Waals surface area contributed by atoms with E-state index in [1.807, 2.05) is 25.2 Å². The predicted molar refractivity (Wildman–Crippen MR) is 98.0 cm³/mol. The average molecular weight is 478 g/mol. The molecule has 0 aliphatic carbocycles. The van der Waals surface area contributed by atoms with Crippen LogP contribution in [-0.2, 0) is 6.42 Å². The number of nitrogens with one attached hydrogen (secondary N) is 1. The number of likely N-dealkylation sites (N-methyl/N-ethyl adjacent to an activating group) is 1. The van der Waals surface area contributed by atoms with Gasteiger partial charge in [-0.15, -0.1) is 0 Å². The molecule has 2 nitrogen and oxygen atoms in total. The Hall–Kier alpha value is -0.360. The second-order valence-electron chi connectivity index (χ2n) is 4.67. The molecule has 0 radical (unpaired) electrons. The molecule has 0 aliphatic heterocycles. The lowest BCUT2D eigenvalue weighted by Crippen LogP contribution is -2.19. The van der Waals surface area contributed by atoms with Gasteiger partial charge in [0.1, 0.15) is 5.75 Å². The Bertz CT molecular complexity index is 631. The van der Waals surface area contributed by atoms with Gasteiger partial charge in [-0.2, -0.15) is 0 Å². The molecule has 2 aromatic rings. The molecular weight excluding hydrogens is 462 g/mol. The molecule has 0 saturated heterocycles. The van der Waals surface area contributed by atoms with E-state index in [4.69, 9.17) is 4.74 Å². The van der Waals surface area contributed by atoms with E-state index in [1.54, 1.807) is 7.11 Å². The summed E-state index contributed by atoms with van der Waals surface area (Å²) in [5, 5.41) is 3.39. The van der Waals surface area contributed by atoms with E-state index in [0.717, 1.165) is 25.6 Å². The fourth-order valence-corrected chi connectivity index (χ4v) is 3.51. The van der Waals surface area contributed by atoms with Crippen LogP contribution in [-0.4, -0.2) is 14.2 Å². The number of rotatable bonds is 5. The van der Waals surface area contributed by atoms with Gasteiger partial charge in [0.15, 0.2) is 0 Å². The van der Waals surface area contributed by atoms with Crippen LogP contribution in [0.4, 0.5) is 0 Å². The van der Waals surface area contributed by atoms with Crippen LogP contribution >= 0.6 is 47.8 Å². The van der Waals surface area contributed by atoms with Crippen molar-refractivity contribution >= 4 is 47.8 Å². The molecule has 1 unspecified atom stereocenters. The molecule has 2 aromatic carbocycles. The third-order valence-electron chi connectivity index (χ3n) is 3.36. The Morgan fingerprint density at radius 1 is 1.05 bits per heavy atom. The van der Waals surface area contributed by atoms with Gasteiger partial charge in [0.05, 0.1) is 7.11 Å². The monoisotopic (exact) mass is 475 g/mol. The minimum atomic E-state index is 0.209. The second kappa shape index (κ2) is 7.77. The lowest BCUT2D eigenvalue weighted by atomic mass is 9.99. The lowest BCUT2D eigenvalue weighted by molar-refractivity contribution is 0.413. The molecule has 0 fully saturated rings. The van der Waals surface area contributed by atoms with Gasteiger partial charge >= 0.3 is 0 Å². The summed E-state index contributed by atoms with van der Waals surface area (Å²) in [6.07, 6.45) is 0.864. The van der Waals surface area contributed by atoms with E-state index in [2.05, 4.69) is 71.3 Å². The van der Waals surface area contributed by atoms with Crippen LogP contribution in [0.2, 0.25) is 0 Å². The van der Waals surface area contributed by atoms with Crippen LogP contribution in [0.3, 0.4) is 0 Å². The third kappa shape index (κ3) is 4.31. The van der Waals surface area contributed by atoms with Crippen LogP contribution in [0.25, 0.3) is 0 Å². The second-order valence-corrected chi connectivity index (χ2v) is 7.29. The Kier molecular flexibility index (Phi) is 6.29. The van der Waals surface area contributed by atoms with Gasteiger partial charge in [-0.3, -0.25) is 0 Å². The van der Waals surface area contributed by atoms with Gasteiger partial charge in [0, 0.05) is 19.5 Å². The van der Waals surface area contributed by atoms with Crippen molar-refractivity contribution in [1.82, 2.24) is 5.32 Å². The van der Waals surface area contributed by atoms with Crippen LogP contribution in [0, 0.1) is 0 Å². The van der Waals surface area contributed by atoms with Gasteiger partial charge in [0.25, 0.3) is 0 Å². The molecule has 112 valence electrons. The van der Waals surface area contributed by atoms with Crippen LogP contribution in [0.5, 0.6) is 5.75 Å². The van der Waals surface area contributed by atoms with Crippen molar-refractivity contribution in [2.75, 3.05) is 14.2 Å². The molecule has 1 atom stereocenters. The highest BCUT2D eigenvalue weighted by Gasteiger charge is 2.16. The first kappa shape index (κ1) is 17.0. The van der Waals surface area contributed by atoms with Crippen LogP contribution < -0.4 is 10.1 Å². The zero-order valence-electron chi connectivity index (χ0n) is 11.8. The van der Waals surface area contributed by atoms with E-state index in [0.29, 0.717) is 0 Å². The number of ether oxygens (including phenoxy) is 1. The molecule has 0 aliphatic rings. The van der Waals surface area contributed by atoms with E-state index in [-0.39, 0.29) is 6.04 Å². The van der Waals surface area contributed by atoms with Crippen molar-refractivity contribution < 1.29 is 4.74 Å². The number of halogens is 3. The van der Waals surface area contributed by atoms with Gasteiger partial charge in [0.2, 0.25) is 0 Å². The summed E-state index contributed by atoms with van der Waals surface area (Å²) in [7, 11) is 3.67. The van der Waals surface area contributed by atoms with Gasteiger partial charge in [-0.25, -0.2) is 0 Å². The molecule has 0 saturated carbocycles. The Morgan fingerprint density at radius 3 is 2.43 bits per heavy atom. The van der Waals surface area contributed by atoms with Gasteiger partial charge in [-0.1, -0.05) is 47.8 Å². The Balaban J connectivity index is 2.33. The lowest BCUT2D eigenvalue weighted by Gasteiger charge is -2.20. The van der Waals surface area contributed by atoms with Crippen molar-refractivity contribution in [2.24, 2.45) is 0 Å². The highest BCUT2D eigenvalue weighted by Crippen LogP contribution is 2.31. The topological polar surface area (TPSA) is 21.3 Å². The number of hydrogen-bond acceptors (Lipinski definition) is 2. The summed E-state index contributed by atoms with van der Waals surface area (Å²) in [6.45, 7) is 0. The normalized spacial score (nSPS) is 12.2. The number of hydrogen-bond donors (Lipinski definition) is 1. The molecule has 0 bridgehead atoms. The Morgan fingerprint density at radius 2 is 1.76 bits per heavy atom. The Labute approximate surface area is 150 Å². The number of benzene rings is 2. The molecule has 5 heteroatoms. The minimum Gasteiger partial charge on any atom is -0.497 e. The van der Waals surface area contributed by atoms with Crippen molar-refractivity contribution in [1.29, 1.82) is 0 Å². The third-order valence-corrected chi connectivity index (χ3v) is 5.35. The van der Waals surface area contributed by atoms with Gasteiger partial charge in [-0.05, 0) is 61.0 Å².